The number of hydrogen-bond acceptors (Lipinski definition) is 3. The molecule has 1 aromatic carbocycles. The second kappa shape index (κ2) is 8.25. The predicted molar refractivity (Wildman–Crippen MR) is 76.5 cm³/mol. The minimum Gasteiger partial charge on any atom is -0.491 e. The summed E-state index contributed by atoms with van der Waals surface area (Å²) >= 11 is 0. The number of carboxylic acid groups (broad SMARTS) is 1. The molecule has 2 amide bonds. The molecule has 0 saturated carbocycles. The summed E-state index contributed by atoms with van der Waals surface area (Å²) in [6.07, 6.45) is -4.21. The summed E-state index contributed by atoms with van der Waals surface area (Å²) in [5, 5.41) is 12.9. The normalized spacial score (nSPS) is 11.0. The Labute approximate surface area is 130 Å². The Hall–Kier alpha value is -2.45. The van der Waals surface area contributed by atoms with Crippen LogP contribution in [0.3, 0.4) is 0 Å². The molecule has 3 N–H and O–H groups in total. The summed E-state index contributed by atoms with van der Waals surface area (Å²) in [4.78, 5) is 22.0. The van der Waals surface area contributed by atoms with Crippen LogP contribution in [-0.4, -0.2) is 30.3 Å². The van der Waals surface area contributed by atoms with E-state index in [1.54, 1.807) is 0 Å². The third-order valence-corrected chi connectivity index (χ3v) is 2.64. The van der Waals surface area contributed by atoms with E-state index in [4.69, 9.17) is 9.84 Å². The number of carbonyl (C=O) groups excluding carboxylic acids is 1. The highest BCUT2D eigenvalue weighted by molar-refractivity contribution is 5.91. The maximum absolute atomic E-state index is 12.7. The molecular formula is C14H17F3N2O4. The molecule has 0 atom stereocenters. The summed E-state index contributed by atoms with van der Waals surface area (Å²) in [6, 6.07) is 1.94. The molecule has 9 heteroatoms. The average molecular weight is 334 g/mol. The Balaban J connectivity index is 2.86. The number of halogens is 3. The van der Waals surface area contributed by atoms with Crippen molar-refractivity contribution >= 4 is 17.7 Å². The van der Waals surface area contributed by atoms with Crippen molar-refractivity contribution in [3.8, 4) is 5.75 Å². The topological polar surface area (TPSA) is 87.7 Å². The molecule has 0 bridgehead atoms. The maximum Gasteiger partial charge on any atom is 0.416 e. The molecule has 0 fully saturated rings. The van der Waals surface area contributed by atoms with Gasteiger partial charge in [0.15, 0.2) is 0 Å². The van der Waals surface area contributed by atoms with Gasteiger partial charge in [-0.2, -0.15) is 13.2 Å². The van der Waals surface area contributed by atoms with Crippen molar-refractivity contribution in [1.29, 1.82) is 0 Å². The molecule has 0 aliphatic rings. The minimum absolute atomic E-state index is 0.105. The number of aliphatic carboxylic acids is 1. The Kier molecular flexibility index (Phi) is 6.67. The van der Waals surface area contributed by atoms with E-state index in [9.17, 15) is 22.8 Å². The highest BCUT2D eigenvalue weighted by atomic mass is 19.4. The largest absolute Gasteiger partial charge is 0.491 e. The lowest BCUT2D eigenvalue weighted by Gasteiger charge is -2.15. The van der Waals surface area contributed by atoms with Crippen molar-refractivity contribution in [2.24, 2.45) is 0 Å². The number of anilines is 1. The Morgan fingerprint density at radius 3 is 2.57 bits per heavy atom. The first kappa shape index (κ1) is 18.6. The predicted octanol–water partition coefficient (Wildman–Crippen LogP) is 3.09. The van der Waals surface area contributed by atoms with E-state index in [0.29, 0.717) is 6.42 Å². The molecule has 0 unspecified atom stereocenters. The maximum atomic E-state index is 12.7. The van der Waals surface area contributed by atoms with Crippen LogP contribution < -0.4 is 15.4 Å². The summed E-state index contributed by atoms with van der Waals surface area (Å²) in [5.74, 6) is -0.996. The number of ether oxygens (including phenoxy) is 1. The molecule has 23 heavy (non-hydrogen) atoms. The Morgan fingerprint density at radius 1 is 1.30 bits per heavy atom. The molecule has 0 radical (unpaired) electrons. The lowest BCUT2D eigenvalue weighted by molar-refractivity contribution is -0.138. The van der Waals surface area contributed by atoms with Crippen LogP contribution in [0.2, 0.25) is 0 Å². The quantitative estimate of drug-likeness (QED) is 0.715. The zero-order valence-corrected chi connectivity index (χ0v) is 12.4. The SMILES string of the molecule is CCCOc1ccc(C(F)(F)F)cc1NC(=O)NCCC(=O)O. The highest BCUT2D eigenvalue weighted by Gasteiger charge is 2.31. The smallest absolute Gasteiger partial charge is 0.416 e. The first-order valence-corrected chi connectivity index (χ1v) is 6.84. The molecule has 1 aromatic rings. The monoisotopic (exact) mass is 334 g/mol. The number of nitrogens with one attached hydrogen (secondary N) is 2. The van der Waals surface area contributed by atoms with Crippen LogP contribution in [0.4, 0.5) is 23.7 Å². The van der Waals surface area contributed by atoms with Gasteiger partial charge in [0.2, 0.25) is 0 Å². The van der Waals surface area contributed by atoms with E-state index in [2.05, 4.69) is 10.6 Å². The van der Waals surface area contributed by atoms with Crippen molar-refractivity contribution in [1.82, 2.24) is 5.32 Å². The summed E-state index contributed by atoms with van der Waals surface area (Å²) < 4.78 is 43.5. The van der Waals surface area contributed by atoms with Gasteiger partial charge in [-0.15, -0.1) is 0 Å². The number of carboxylic acids is 1. The van der Waals surface area contributed by atoms with Gasteiger partial charge in [-0.3, -0.25) is 4.79 Å². The van der Waals surface area contributed by atoms with Crippen LogP contribution in [0.5, 0.6) is 5.75 Å². The lowest BCUT2D eigenvalue weighted by Crippen LogP contribution is -2.30. The molecule has 6 nitrogen and oxygen atoms in total. The molecule has 128 valence electrons. The van der Waals surface area contributed by atoms with Gasteiger partial charge < -0.3 is 20.5 Å². The van der Waals surface area contributed by atoms with E-state index < -0.39 is 23.7 Å². The summed E-state index contributed by atoms with van der Waals surface area (Å²) in [7, 11) is 0. The average Bonchev–Trinajstić information content (AvgIpc) is 2.44. The lowest BCUT2D eigenvalue weighted by atomic mass is 10.2. The van der Waals surface area contributed by atoms with Crippen LogP contribution >= 0.6 is 0 Å². The van der Waals surface area contributed by atoms with Crippen LogP contribution in [0.15, 0.2) is 18.2 Å². The molecule has 0 aliphatic carbocycles. The van der Waals surface area contributed by atoms with E-state index in [1.165, 1.54) is 0 Å². The Morgan fingerprint density at radius 2 is 2.00 bits per heavy atom. The van der Waals surface area contributed by atoms with Crippen molar-refractivity contribution in [3.63, 3.8) is 0 Å². The minimum atomic E-state index is -4.56. The van der Waals surface area contributed by atoms with Crippen molar-refractivity contribution in [2.45, 2.75) is 25.9 Å². The number of rotatable bonds is 7. The number of urea groups is 1. The standard InChI is InChI=1S/C14H17F3N2O4/c1-2-7-23-11-4-3-9(14(15,16)17)8-10(11)19-13(22)18-6-5-12(20)21/h3-4,8H,2,5-7H2,1H3,(H,20,21)(H2,18,19,22). The van der Waals surface area contributed by atoms with Gasteiger partial charge in [-0.1, -0.05) is 6.92 Å². The first-order valence-electron chi connectivity index (χ1n) is 6.84. The Bertz CT molecular complexity index is 561. The van der Waals surface area contributed by atoms with Crippen LogP contribution in [0.1, 0.15) is 25.3 Å². The van der Waals surface area contributed by atoms with Gasteiger partial charge in [-0.05, 0) is 24.6 Å². The molecule has 0 heterocycles. The van der Waals surface area contributed by atoms with Crippen molar-refractivity contribution < 1.29 is 32.6 Å². The second-order valence-corrected chi connectivity index (χ2v) is 4.58. The van der Waals surface area contributed by atoms with Crippen molar-refractivity contribution in [3.05, 3.63) is 23.8 Å². The zero-order valence-electron chi connectivity index (χ0n) is 12.4. The summed E-state index contributed by atoms with van der Waals surface area (Å²) in [6.45, 7) is 1.96. The fourth-order valence-corrected chi connectivity index (χ4v) is 1.59. The van der Waals surface area contributed by atoms with Crippen LogP contribution in [0, 0.1) is 0 Å². The van der Waals surface area contributed by atoms with Gasteiger partial charge in [0.05, 0.1) is 24.3 Å². The fraction of sp³-hybridized carbons (Fsp3) is 0.429. The van der Waals surface area contributed by atoms with Gasteiger partial charge in [0, 0.05) is 6.54 Å². The molecule has 0 spiro atoms. The molecule has 0 aromatic heterocycles. The van der Waals surface area contributed by atoms with Gasteiger partial charge >= 0.3 is 18.2 Å². The number of alkyl halides is 3. The van der Waals surface area contributed by atoms with Gasteiger partial charge in [0.25, 0.3) is 0 Å². The van der Waals surface area contributed by atoms with Crippen LogP contribution in [-0.2, 0) is 11.0 Å². The number of amides is 2. The third-order valence-electron chi connectivity index (χ3n) is 2.64. The number of benzene rings is 1. The highest BCUT2D eigenvalue weighted by Crippen LogP contribution is 2.35. The van der Waals surface area contributed by atoms with E-state index in [0.717, 1.165) is 18.2 Å². The first-order chi connectivity index (χ1) is 10.7. The second-order valence-electron chi connectivity index (χ2n) is 4.58. The van der Waals surface area contributed by atoms with Gasteiger partial charge in [-0.25, -0.2) is 4.79 Å². The van der Waals surface area contributed by atoms with E-state index in [1.807, 2.05) is 6.92 Å². The number of carbonyl (C=O) groups is 2. The fourth-order valence-electron chi connectivity index (χ4n) is 1.59. The van der Waals surface area contributed by atoms with Crippen LogP contribution in [0.25, 0.3) is 0 Å². The molecule has 0 saturated heterocycles. The molecule has 1 rings (SSSR count). The van der Waals surface area contributed by atoms with Gasteiger partial charge in [0.1, 0.15) is 5.75 Å². The van der Waals surface area contributed by atoms with E-state index in [-0.39, 0.29) is 31.0 Å². The van der Waals surface area contributed by atoms with Crippen molar-refractivity contribution in [2.75, 3.05) is 18.5 Å². The molecular weight excluding hydrogens is 317 g/mol. The molecule has 0 aliphatic heterocycles. The third kappa shape index (κ3) is 6.45. The zero-order chi connectivity index (χ0) is 17.5. The van der Waals surface area contributed by atoms with E-state index >= 15 is 0 Å². The number of hydrogen-bond donors (Lipinski definition) is 3. The summed E-state index contributed by atoms with van der Waals surface area (Å²) in [5.41, 5.74) is -1.07.